The number of phosphoric acid groups is 1. The molecule has 4 aliphatic rings. The van der Waals surface area contributed by atoms with Crippen LogP contribution in [0.1, 0.15) is 84.0 Å². The van der Waals surface area contributed by atoms with E-state index < -0.39 is 122 Å². The lowest BCUT2D eigenvalue weighted by molar-refractivity contribution is -0.349. The molecule has 5 N–H and O–H groups in total. The molecular formula is C58H62NO16P. The SMILES string of the molecule is CC1=C2C(O)C(=O)[C@]3(C)C(OCOP(=O)(OCc4ccccc4)OCc4ccccc4)CC4OC[C@@]4(O)C3C(OC(=O)c3ccccc3)C(O)(CC1OC(=O)C(O)C(NC(=O)c1ccccc1)c1ccccc1)C2(C)C. The summed E-state index contributed by atoms with van der Waals surface area (Å²) in [6.45, 7) is 4.52. The van der Waals surface area contributed by atoms with E-state index in [-0.39, 0.29) is 41.9 Å². The van der Waals surface area contributed by atoms with Crippen molar-refractivity contribution in [3.05, 3.63) is 191 Å². The van der Waals surface area contributed by atoms with Gasteiger partial charge in [0.1, 0.15) is 29.5 Å². The lowest BCUT2D eigenvalue weighted by atomic mass is 9.44. The summed E-state index contributed by atoms with van der Waals surface area (Å²) in [4.78, 5) is 58.2. The van der Waals surface area contributed by atoms with E-state index in [4.69, 9.17) is 32.5 Å². The summed E-state index contributed by atoms with van der Waals surface area (Å²) in [5.41, 5.74) is -6.15. The van der Waals surface area contributed by atoms with Gasteiger partial charge in [0.05, 0.1) is 49.0 Å². The zero-order valence-corrected chi connectivity index (χ0v) is 43.3. The molecule has 9 rings (SSSR count). The van der Waals surface area contributed by atoms with Gasteiger partial charge in [-0.1, -0.05) is 141 Å². The van der Waals surface area contributed by atoms with Gasteiger partial charge in [0.2, 0.25) is 0 Å². The minimum atomic E-state index is -4.47. The molecule has 76 heavy (non-hydrogen) atoms. The number of aliphatic hydroxyl groups is 4. The Hall–Kier alpha value is -6.21. The third kappa shape index (κ3) is 10.4. The van der Waals surface area contributed by atoms with E-state index >= 15 is 4.79 Å². The number of hydrogen-bond donors (Lipinski definition) is 5. The highest BCUT2D eigenvalue weighted by Gasteiger charge is 2.76. The van der Waals surface area contributed by atoms with Crippen LogP contribution < -0.4 is 5.32 Å². The first-order chi connectivity index (χ1) is 36.3. The minimum Gasteiger partial charge on any atom is -0.456 e. The van der Waals surface area contributed by atoms with Crippen molar-refractivity contribution in [2.75, 3.05) is 13.4 Å². The molecular weight excluding hydrogens is 998 g/mol. The summed E-state index contributed by atoms with van der Waals surface area (Å²) >= 11 is 0. The quantitative estimate of drug-likeness (QED) is 0.0254. The number of ketones is 1. The molecule has 2 bridgehead atoms. The number of amides is 1. The lowest BCUT2D eigenvalue weighted by Gasteiger charge is -2.67. The van der Waals surface area contributed by atoms with Gasteiger partial charge in [0.25, 0.3) is 5.91 Å². The molecule has 17 nitrogen and oxygen atoms in total. The minimum absolute atomic E-state index is 0.0598. The van der Waals surface area contributed by atoms with Crippen LogP contribution in [0.3, 0.4) is 0 Å². The average Bonchev–Trinajstić information content (AvgIpc) is 3.62. The lowest BCUT2D eigenvalue weighted by Crippen LogP contribution is -2.81. The van der Waals surface area contributed by atoms with Crippen LogP contribution >= 0.6 is 7.82 Å². The maximum absolute atomic E-state index is 15.7. The predicted molar refractivity (Wildman–Crippen MR) is 273 cm³/mol. The summed E-state index contributed by atoms with van der Waals surface area (Å²) in [6.07, 6.45) is -10.7. The molecule has 400 valence electrons. The van der Waals surface area contributed by atoms with Crippen molar-refractivity contribution in [3.8, 4) is 0 Å². The van der Waals surface area contributed by atoms with Gasteiger partial charge in [-0.2, -0.15) is 0 Å². The van der Waals surface area contributed by atoms with Crippen molar-refractivity contribution in [3.63, 3.8) is 0 Å². The number of fused-ring (bicyclic) bond motifs is 5. The van der Waals surface area contributed by atoms with Crippen LogP contribution in [0.2, 0.25) is 0 Å². The molecule has 3 aliphatic carbocycles. The van der Waals surface area contributed by atoms with Crippen LogP contribution in [0.25, 0.3) is 0 Å². The fourth-order valence-corrected chi connectivity index (χ4v) is 12.5. The molecule has 5 aromatic carbocycles. The maximum Gasteiger partial charge on any atom is 0.477 e. The second-order valence-corrected chi connectivity index (χ2v) is 22.2. The smallest absolute Gasteiger partial charge is 0.456 e. The van der Waals surface area contributed by atoms with Gasteiger partial charge in [0, 0.05) is 29.7 Å². The Morgan fingerprint density at radius 1 is 0.750 bits per heavy atom. The van der Waals surface area contributed by atoms with Gasteiger partial charge in [-0.3, -0.25) is 23.2 Å². The Balaban J connectivity index is 1.08. The van der Waals surface area contributed by atoms with Crippen molar-refractivity contribution < 1.29 is 76.7 Å². The number of nitrogens with one attached hydrogen (secondary N) is 1. The van der Waals surface area contributed by atoms with Crippen molar-refractivity contribution >= 4 is 31.5 Å². The van der Waals surface area contributed by atoms with Gasteiger partial charge in [-0.15, -0.1) is 0 Å². The summed E-state index contributed by atoms with van der Waals surface area (Å²) in [5, 5.41) is 54.1. The number of esters is 2. The highest BCUT2D eigenvalue weighted by atomic mass is 31.2. The topological polar surface area (TPSA) is 243 Å². The first kappa shape index (κ1) is 54.6. The van der Waals surface area contributed by atoms with E-state index in [1.54, 1.807) is 141 Å². The van der Waals surface area contributed by atoms with Gasteiger partial charge < -0.3 is 44.7 Å². The fourth-order valence-electron chi connectivity index (χ4n) is 11.5. The Morgan fingerprint density at radius 2 is 1.28 bits per heavy atom. The van der Waals surface area contributed by atoms with Crippen LogP contribution in [-0.4, -0.2) is 105 Å². The molecule has 18 heteroatoms. The van der Waals surface area contributed by atoms with Crippen LogP contribution in [-0.2, 0) is 59.9 Å². The number of ether oxygens (including phenoxy) is 4. The van der Waals surface area contributed by atoms with Crippen LogP contribution in [0.5, 0.6) is 0 Å². The van der Waals surface area contributed by atoms with Crippen molar-refractivity contribution in [2.45, 2.75) is 108 Å². The maximum atomic E-state index is 15.7. The molecule has 2 saturated carbocycles. The number of carbonyl (C=O) groups is 4. The van der Waals surface area contributed by atoms with Crippen molar-refractivity contribution in [1.29, 1.82) is 0 Å². The number of Topliss-reactive ketones (excluding diaryl/α,β-unsaturated/α-hetero) is 1. The Kier molecular flexibility index (Phi) is 15.8. The second kappa shape index (κ2) is 22.0. The third-order valence-corrected chi connectivity index (χ3v) is 17.1. The molecule has 11 atom stereocenters. The number of hydrogen-bond acceptors (Lipinski definition) is 16. The van der Waals surface area contributed by atoms with Gasteiger partial charge in [0.15, 0.2) is 18.7 Å². The van der Waals surface area contributed by atoms with E-state index in [1.807, 2.05) is 12.1 Å². The zero-order valence-electron chi connectivity index (χ0n) is 42.4. The largest absolute Gasteiger partial charge is 0.477 e. The Bertz CT molecular complexity index is 2920. The highest BCUT2D eigenvalue weighted by molar-refractivity contribution is 7.48. The van der Waals surface area contributed by atoms with E-state index in [2.05, 4.69) is 5.32 Å². The number of aliphatic hydroxyl groups excluding tert-OH is 2. The molecule has 0 radical (unpaired) electrons. The first-order valence-electron chi connectivity index (χ1n) is 25.1. The van der Waals surface area contributed by atoms with Crippen molar-refractivity contribution in [1.82, 2.24) is 5.32 Å². The van der Waals surface area contributed by atoms with Gasteiger partial charge >= 0.3 is 19.8 Å². The average molecular weight is 1060 g/mol. The number of phosphoric ester groups is 1. The molecule has 9 unspecified atom stereocenters. The van der Waals surface area contributed by atoms with Crippen LogP contribution in [0, 0.1) is 16.7 Å². The van der Waals surface area contributed by atoms with E-state index in [0.717, 1.165) is 0 Å². The summed E-state index contributed by atoms with van der Waals surface area (Å²) in [5.74, 6) is -5.33. The van der Waals surface area contributed by atoms with E-state index in [9.17, 15) is 39.4 Å². The standard InChI is InChI=1S/C58H62NO16P/c1-36-42(74-54(65)48(61)46(39-24-14-7-15-25-39)59-52(63)40-26-16-8-17-27-40)31-58(67)51(75-53(64)41-28-18-9-19-29-41)49-56(4,50(62)47(60)45(36)55(58,2)3)43(30-44-57(49,66)34-69-44)70-35-73-76(68,71-32-37-20-10-5-11-21-37)72-33-38-22-12-6-13-23-38/h5-29,42-44,46-49,51,60-61,66-67H,30-35H2,1-4H3,(H,59,63)/t42?,43?,44?,46?,47?,48?,49?,51?,56-,57+,58?/m1/s1. The van der Waals surface area contributed by atoms with Crippen molar-refractivity contribution in [2.24, 2.45) is 16.7 Å². The Morgan fingerprint density at radius 3 is 1.82 bits per heavy atom. The molecule has 1 heterocycles. The summed E-state index contributed by atoms with van der Waals surface area (Å²) in [7, 11) is -4.47. The fraction of sp³-hybridized carbons (Fsp3) is 0.379. The monoisotopic (exact) mass is 1060 g/mol. The normalized spacial score (nSPS) is 28.5. The summed E-state index contributed by atoms with van der Waals surface area (Å²) < 4.78 is 56.9. The van der Waals surface area contributed by atoms with E-state index in [0.29, 0.717) is 16.7 Å². The summed E-state index contributed by atoms with van der Waals surface area (Å²) in [6, 6.07) is 40.8. The van der Waals surface area contributed by atoms with Crippen LogP contribution in [0.15, 0.2) is 163 Å². The van der Waals surface area contributed by atoms with Gasteiger partial charge in [-0.25, -0.2) is 14.2 Å². The molecule has 1 amide bonds. The second-order valence-electron chi connectivity index (χ2n) is 20.6. The molecule has 1 aliphatic heterocycles. The first-order valence-corrected chi connectivity index (χ1v) is 26.5. The van der Waals surface area contributed by atoms with Crippen LogP contribution in [0.4, 0.5) is 0 Å². The predicted octanol–water partition coefficient (Wildman–Crippen LogP) is 7.13. The van der Waals surface area contributed by atoms with Gasteiger partial charge in [-0.05, 0) is 65.9 Å². The molecule has 1 saturated heterocycles. The number of rotatable bonds is 18. The van der Waals surface area contributed by atoms with E-state index in [1.165, 1.54) is 26.0 Å². The third-order valence-electron chi connectivity index (χ3n) is 15.8. The molecule has 3 fully saturated rings. The molecule has 0 aromatic heterocycles. The molecule has 0 spiro atoms. The zero-order chi connectivity index (χ0) is 54.0. The number of carbonyl (C=O) groups excluding carboxylic acids is 4. The molecule has 5 aromatic rings. The Labute approximate surface area is 440 Å². The highest BCUT2D eigenvalue weighted by Crippen LogP contribution is 2.64. The number of benzene rings is 5.